The van der Waals surface area contributed by atoms with E-state index < -0.39 is 28.2 Å². The smallest absolute Gasteiger partial charge is 0.332 e. The molecular formula is C12H13Cl2NO5S. The molecule has 2 unspecified atom stereocenters. The summed E-state index contributed by atoms with van der Waals surface area (Å²) in [4.78, 5) is 10.7. The van der Waals surface area contributed by atoms with Crippen LogP contribution >= 0.6 is 23.2 Å². The minimum absolute atomic E-state index is 0.00372. The van der Waals surface area contributed by atoms with Crippen molar-refractivity contribution in [2.75, 3.05) is 6.54 Å². The van der Waals surface area contributed by atoms with Gasteiger partial charge in [-0.2, -0.15) is 0 Å². The van der Waals surface area contributed by atoms with Gasteiger partial charge in [0.1, 0.15) is 0 Å². The predicted molar refractivity (Wildman–Crippen MR) is 77.2 cm³/mol. The molecule has 1 aliphatic rings. The van der Waals surface area contributed by atoms with Gasteiger partial charge in [0.25, 0.3) is 0 Å². The van der Waals surface area contributed by atoms with Crippen molar-refractivity contribution in [2.45, 2.75) is 29.9 Å². The van der Waals surface area contributed by atoms with Crippen LogP contribution in [0.15, 0.2) is 23.1 Å². The molecule has 0 aliphatic carbocycles. The van der Waals surface area contributed by atoms with Gasteiger partial charge in [0, 0.05) is 16.6 Å². The second-order valence-corrected chi connectivity index (χ2v) is 7.26. The highest BCUT2D eigenvalue weighted by Gasteiger charge is 2.31. The summed E-state index contributed by atoms with van der Waals surface area (Å²) in [5.41, 5.74) is 0. The van der Waals surface area contributed by atoms with Crippen molar-refractivity contribution < 1.29 is 23.1 Å². The molecule has 21 heavy (non-hydrogen) atoms. The molecule has 2 N–H and O–H groups in total. The van der Waals surface area contributed by atoms with Crippen molar-refractivity contribution in [3.63, 3.8) is 0 Å². The molecule has 1 heterocycles. The molecule has 2 rings (SSSR count). The Morgan fingerprint density at radius 1 is 1.29 bits per heavy atom. The zero-order chi connectivity index (χ0) is 15.6. The maximum Gasteiger partial charge on any atom is 0.332 e. The van der Waals surface area contributed by atoms with Crippen LogP contribution in [-0.4, -0.2) is 38.2 Å². The fraction of sp³-hybridized carbons (Fsp3) is 0.417. The van der Waals surface area contributed by atoms with Gasteiger partial charge in [0.05, 0.1) is 11.0 Å². The van der Waals surface area contributed by atoms with Gasteiger partial charge in [-0.1, -0.05) is 23.2 Å². The number of carbonyl (C=O) groups is 1. The van der Waals surface area contributed by atoms with Gasteiger partial charge >= 0.3 is 5.97 Å². The molecule has 1 aromatic carbocycles. The summed E-state index contributed by atoms with van der Waals surface area (Å²) in [7, 11) is -3.78. The second-order valence-electron chi connectivity index (χ2n) is 4.62. The molecular weight excluding hydrogens is 341 g/mol. The normalized spacial score (nSPS) is 22.4. The quantitative estimate of drug-likeness (QED) is 0.843. The molecule has 0 bridgehead atoms. The van der Waals surface area contributed by atoms with Gasteiger partial charge < -0.3 is 9.84 Å². The number of aliphatic carboxylic acids is 1. The van der Waals surface area contributed by atoms with Crippen LogP contribution in [0.1, 0.15) is 12.8 Å². The van der Waals surface area contributed by atoms with E-state index in [1.54, 1.807) is 0 Å². The summed E-state index contributed by atoms with van der Waals surface area (Å²) in [5.74, 6) is -1.04. The van der Waals surface area contributed by atoms with Crippen molar-refractivity contribution in [1.29, 1.82) is 0 Å². The molecule has 9 heteroatoms. The summed E-state index contributed by atoms with van der Waals surface area (Å²) < 4.78 is 31.8. The lowest BCUT2D eigenvalue weighted by atomic mass is 10.2. The summed E-state index contributed by atoms with van der Waals surface area (Å²) >= 11 is 11.5. The van der Waals surface area contributed by atoms with Gasteiger partial charge in [-0.05, 0) is 31.0 Å². The van der Waals surface area contributed by atoms with Crippen LogP contribution in [0, 0.1) is 0 Å². The van der Waals surface area contributed by atoms with E-state index in [1.165, 1.54) is 18.2 Å². The number of hydrogen-bond acceptors (Lipinski definition) is 4. The maximum absolute atomic E-state index is 12.1. The van der Waals surface area contributed by atoms with E-state index in [0.717, 1.165) is 0 Å². The van der Waals surface area contributed by atoms with Crippen molar-refractivity contribution in [3.05, 3.63) is 28.2 Å². The monoisotopic (exact) mass is 353 g/mol. The Morgan fingerprint density at radius 2 is 1.90 bits per heavy atom. The van der Waals surface area contributed by atoms with Crippen LogP contribution in [0.3, 0.4) is 0 Å². The molecule has 2 atom stereocenters. The summed E-state index contributed by atoms with van der Waals surface area (Å²) in [6.45, 7) is -0.00372. The van der Waals surface area contributed by atoms with Gasteiger partial charge in [-0.3, -0.25) is 0 Å². The lowest BCUT2D eigenvalue weighted by molar-refractivity contribution is -0.149. The van der Waals surface area contributed by atoms with Crippen molar-refractivity contribution in [3.8, 4) is 0 Å². The van der Waals surface area contributed by atoms with Gasteiger partial charge in [0.2, 0.25) is 10.0 Å². The number of benzene rings is 1. The molecule has 0 spiro atoms. The van der Waals surface area contributed by atoms with Crippen LogP contribution in [0.5, 0.6) is 0 Å². The lowest BCUT2D eigenvalue weighted by Crippen LogP contribution is -2.33. The average Bonchev–Trinajstić information content (AvgIpc) is 2.84. The van der Waals surface area contributed by atoms with Crippen molar-refractivity contribution >= 4 is 39.2 Å². The summed E-state index contributed by atoms with van der Waals surface area (Å²) in [6, 6.07) is 4.00. The minimum atomic E-state index is -3.78. The van der Waals surface area contributed by atoms with Crippen LogP contribution in [0.2, 0.25) is 10.0 Å². The molecule has 1 fully saturated rings. The predicted octanol–water partition coefficient (Wildman–Crippen LogP) is 1.90. The number of hydrogen-bond donors (Lipinski definition) is 2. The molecule has 1 saturated heterocycles. The number of ether oxygens (including phenoxy) is 1. The van der Waals surface area contributed by atoms with E-state index >= 15 is 0 Å². The Bertz CT molecular complexity index is 629. The van der Waals surface area contributed by atoms with Crippen molar-refractivity contribution in [1.82, 2.24) is 4.72 Å². The highest BCUT2D eigenvalue weighted by atomic mass is 35.5. The topological polar surface area (TPSA) is 92.7 Å². The van der Waals surface area contributed by atoms with E-state index in [9.17, 15) is 13.2 Å². The first kappa shape index (κ1) is 16.5. The molecule has 0 amide bonds. The number of carboxylic acid groups (broad SMARTS) is 1. The first-order valence-electron chi connectivity index (χ1n) is 6.12. The van der Waals surface area contributed by atoms with E-state index in [2.05, 4.69) is 4.72 Å². The first-order chi connectivity index (χ1) is 9.78. The third-order valence-corrected chi connectivity index (χ3v) is 4.87. The third kappa shape index (κ3) is 4.31. The number of carboxylic acids is 1. The standard InChI is InChI=1S/C12H13Cl2NO5S/c13-7-3-8(14)5-10(4-7)21(18,19)15-6-9-1-2-11(20-9)12(16)17/h3-5,9,11,15H,1-2,6H2,(H,16,17). The van der Waals surface area contributed by atoms with Crippen LogP contribution in [0.4, 0.5) is 0 Å². The SMILES string of the molecule is O=C(O)C1CCC(CNS(=O)(=O)c2cc(Cl)cc(Cl)c2)O1. The van der Waals surface area contributed by atoms with Gasteiger partial charge in [-0.25, -0.2) is 17.9 Å². The fourth-order valence-corrected chi connectivity index (χ4v) is 3.80. The summed E-state index contributed by atoms with van der Waals surface area (Å²) in [5, 5.41) is 9.23. The zero-order valence-corrected chi connectivity index (χ0v) is 13.1. The molecule has 1 aromatic rings. The minimum Gasteiger partial charge on any atom is -0.479 e. The molecule has 0 aromatic heterocycles. The Hall–Kier alpha value is -0.860. The molecule has 0 saturated carbocycles. The third-order valence-electron chi connectivity index (χ3n) is 3.03. The highest BCUT2D eigenvalue weighted by Crippen LogP contribution is 2.23. The van der Waals surface area contributed by atoms with Crippen molar-refractivity contribution in [2.24, 2.45) is 0 Å². The number of sulfonamides is 1. The first-order valence-corrected chi connectivity index (χ1v) is 8.36. The second kappa shape index (κ2) is 6.50. The van der Waals surface area contributed by atoms with E-state index in [1.807, 2.05) is 0 Å². The van der Waals surface area contributed by atoms with Crippen LogP contribution in [-0.2, 0) is 19.6 Å². The fourth-order valence-electron chi connectivity index (χ4n) is 2.01. The van der Waals surface area contributed by atoms with E-state index in [-0.39, 0.29) is 21.5 Å². The number of rotatable bonds is 5. The van der Waals surface area contributed by atoms with Crippen LogP contribution in [0.25, 0.3) is 0 Å². The molecule has 6 nitrogen and oxygen atoms in total. The van der Waals surface area contributed by atoms with E-state index in [0.29, 0.717) is 12.8 Å². The molecule has 1 aliphatic heterocycles. The lowest BCUT2D eigenvalue weighted by Gasteiger charge is -2.13. The average molecular weight is 354 g/mol. The Balaban J connectivity index is 2.00. The van der Waals surface area contributed by atoms with Gasteiger partial charge in [0.15, 0.2) is 6.10 Å². The largest absolute Gasteiger partial charge is 0.479 e. The summed E-state index contributed by atoms with van der Waals surface area (Å²) in [6.07, 6.45) is -0.490. The highest BCUT2D eigenvalue weighted by molar-refractivity contribution is 7.89. The Morgan fingerprint density at radius 3 is 2.43 bits per heavy atom. The Labute approximate surface area is 132 Å². The zero-order valence-electron chi connectivity index (χ0n) is 10.8. The van der Waals surface area contributed by atoms with Crippen LogP contribution < -0.4 is 4.72 Å². The number of halogens is 2. The number of nitrogens with one attached hydrogen (secondary N) is 1. The Kier molecular flexibility index (Phi) is 5.11. The van der Waals surface area contributed by atoms with Gasteiger partial charge in [-0.15, -0.1) is 0 Å². The van der Waals surface area contributed by atoms with E-state index in [4.69, 9.17) is 33.0 Å². The molecule has 116 valence electrons. The maximum atomic E-state index is 12.1. The molecule has 0 radical (unpaired) electrons.